The van der Waals surface area contributed by atoms with Gasteiger partial charge in [-0.05, 0) is 20.8 Å². The van der Waals surface area contributed by atoms with Crippen LogP contribution in [0.3, 0.4) is 0 Å². The van der Waals surface area contributed by atoms with Gasteiger partial charge in [-0.2, -0.15) is 0 Å². The summed E-state index contributed by atoms with van der Waals surface area (Å²) in [5.74, 6) is 0.208. The van der Waals surface area contributed by atoms with Crippen molar-refractivity contribution in [2.24, 2.45) is 0 Å². The second-order valence-electron chi connectivity index (χ2n) is 4.87. The molecule has 0 saturated carbocycles. The van der Waals surface area contributed by atoms with Crippen molar-refractivity contribution in [2.75, 3.05) is 26.2 Å². The molecule has 1 heterocycles. The minimum atomic E-state index is -0.234. The van der Waals surface area contributed by atoms with Gasteiger partial charge in [-0.25, -0.2) is 0 Å². The van der Waals surface area contributed by atoms with Gasteiger partial charge >= 0.3 is 0 Å². The summed E-state index contributed by atoms with van der Waals surface area (Å²) in [5.41, 5.74) is -0.234. The van der Waals surface area contributed by atoms with Crippen LogP contribution in [-0.2, 0) is 9.53 Å². The highest BCUT2D eigenvalue weighted by molar-refractivity contribution is 5.75. The van der Waals surface area contributed by atoms with E-state index in [4.69, 9.17) is 9.84 Å². The lowest BCUT2D eigenvalue weighted by Crippen LogP contribution is -2.54. The zero-order chi connectivity index (χ0) is 11.5. The number of Topliss-reactive ketones (excluding diaryl/α,β-unsaturated/α-hetero) is 1. The maximum Gasteiger partial charge on any atom is 0.131 e. The fourth-order valence-corrected chi connectivity index (χ4v) is 2.00. The van der Waals surface area contributed by atoms with Crippen molar-refractivity contribution < 1.29 is 14.6 Å². The number of nitrogens with zero attached hydrogens (tertiary/aromatic N) is 1. The molecule has 1 fully saturated rings. The SMILES string of the molecule is CC(=O)CCN1CC(CO)OC(C)(C)C1. The van der Waals surface area contributed by atoms with Crippen LogP contribution < -0.4 is 0 Å². The van der Waals surface area contributed by atoms with E-state index in [0.29, 0.717) is 13.0 Å². The molecule has 88 valence electrons. The van der Waals surface area contributed by atoms with Crippen molar-refractivity contribution in [2.45, 2.75) is 38.9 Å². The van der Waals surface area contributed by atoms with E-state index < -0.39 is 0 Å². The molecule has 0 aliphatic carbocycles. The van der Waals surface area contributed by atoms with Crippen molar-refractivity contribution in [3.8, 4) is 0 Å². The third kappa shape index (κ3) is 4.28. The van der Waals surface area contributed by atoms with Crippen LogP contribution in [0.15, 0.2) is 0 Å². The van der Waals surface area contributed by atoms with Crippen molar-refractivity contribution in [1.82, 2.24) is 4.90 Å². The molecule has 4 nitrogen and oxygen atoms in total. The number of aliphatic hydroxyl groups excluding tert-OH is 1. The first-order valence-electron chi connectivity index (χ1n) is 5.43. The zero-order valence-electron chi connectivity index (χ0n) is 9.82. The Morgan fingerprint density at radius 1 is 1.60 bits per heavy atom. The van der Waals surface area contributed by atoms with Crippen LogP contribution >= 0.6 is 0 Å². The molecule has 0 aromatic heterocycles. The number of carbonyl (C=O) groups excluding carboxylic acids is 1. The van der Waals surface area contributed by atoms with E-state index in [1.54, 1.807) is 6.92 Å². The van der Waals surface area contributed by atoms with Gasteiger partial charge in [0.25, 0.3) is 0 Å². The monoisotopic (exact) mass is 215 g/mol. The Bertz CT molecular complexity index is 228. The maximum atomic E-state index is 10.9. The highest BCUT2D eigenvalue weighted by Gasteiger charge is 2.32. The van der Waals surface area contributed by atoms with Gasteiger partial charge in [-0.1, -0.05) is 0 Å². The van der Waals surface area contributed by atoms with Crippen LogP contribution in [0.25, 0.3) is 0 Å². The zero-order valence-corrected chi connectivity index (χ0v) is 9.82. The Morgan fingerprint density at radius 2 is 2.27 bits per heavy atom. The number of morpholine rings is 1. The molecule has 1 atom stereocenters. The van der Waals surface area contributed by atoms with E-state index >= 15 is 0 Å². The molecule has 0 aromatic rings. The maximum absolute atomic E-state index is 10.9. The van der Waals surface area contributed by atoms with Gasteiger partial charge in [-0.15, -0.1) is 0 Å². The van der Waals surface area contributed by atoms with E-state index in [0.717, 1.165) is 13.1 Å². The van der Waals surface area contributed by atoms with Crippen LogP contribution in [-0.4, -0.2) is 53.7 Å². The first-order valence-corrected chi connectivity index (χ1v) is 5.43. The molecule has 1 unspecified atom stereocenters. The average molecular weight is 215 g/mol. The summed E-state index contributed by atoms with van der Waals surface area (Å²) >= 11 is 0. The number of ether oxygens (including phenoxy) is 1. The molecule has 4 heteroatoms. The van der Waals surface area contributed by atoms with Gasteiger partial charge in [-0.3, -0.25) is 9.69 Å². The normalized spacial score (nSPS) is 26.5. The standard InChI is InChI=1S/C11H21NO3/c1-9(14)4-5-12-6-10(7-13)15-11(2,3)8-12/h10,13H,4-8H2,1-3H3. The number of ketones is 1. The summed E-state index contributed by atoms with van der Waals surface area (Å²) in [6.07, 6.45) is 0.453. The molecule has 1 aliphatic heterocycles. The van der Waals surface area contributed by atoms with Crippen molar-refractivity contribution >= 4 is 5.78 Å². The molecule has 0 spiro atoms. The molecule has 1 N–H and O–H groups in total. The Balaban J connectivity index is 2.47. The molecule has 1 aliphatic rings. The van der Waals surface area contributed by atoms with Crippen LogP contribution in [0.4, 0.5) is 0 Å². The summed E-state index contributed by atoms with van der Waals surface area (Å²) in [5, 5.41) is 9.10. The summed E-state index contributed by atoms with van der Waals surface area (Å²) < 4.78 is 5.68. The van der Waals surface area contributed by atoms with Crippen molar-refractivity contribution in [3.05, 3.63) is 0 Å². The topological polar surface area (TPSA) is 49.8 Å². The van der Waals surface area contributed by atoms with Gasteiger partial charge in [0.1, 0.15) is 5.78 Å². The molecule has 1 saturated heterocycles. The number of aliphatic hydroxyl groups is 1. The van der Waals surface area contributed by atoms with Gasteiger partial charge in [0.2, 0.25) is 0 Å². The largest absolute Gasteiger partial charge is 0.394 e. The first kappa shape index (κ1) is 12.6. The van der Waals surface area contributed by atoms with E-state index in [2.05, 4.69) is 4.90 Å². The Labute approximate surface area is 91.2 Å². The van der Waals surface area contributed by atoms with Crippen LogP contribution in [0.1, 0.15) is 27.2 Å². The second-order valence-corrected chi connectivity index (χ2v) is 4.87. The molecule has 15 heavy (non-hydrogen) atoms. The number of carbonyl (C=O) groups is 1. The second kappa shape index (κ2) is 5.05. The molecular formula is C11H21NO3. The Hall–Kier alpha value is -0.450. The van der Waals surface area contributed by atoms with Gasteiger partial charge in [0.15, 0.2) is 0 Å². The van der Waals surface area contributed by atoms with Gasteiger partial charge < -0.3 is 9.84 Å². The predicted octanol–water partition coefficient (Wildman–Crippen LogP) is 0.437. The van der Waals surface area contributed by atoms with E-state index in [1.165, 1.54) is 0 Å². The number of hydrogen-bond donors (Lipinski definition) is 1. The quantitative estimate of drug-likeness (QED) is 0.739. The lowest BCUT2D eigenvalue weighted by molar-refractivity contribution is -0.149. The van der Waals surface area contributed by atoms with Gasteiger partial charge in [0.05, 0.1) is 18.3 Å². The molecular weight excluding hydrogens is 194 g/mol. The van der Waals surface area contributed by atoms with Crippen molar-refractivity contribution in [1.29, 1.82) is 0 Å². The molecule has 0 aromatic carbocycles. The summed E-state index contributed by atoms with van der Waals surface area (Å²) in [6, 6.07) is 0. The number of rotatable bonds is 4. The minimum absolute atomic E-state index is 0.0417. The first-order chi connectivity index (χ1) is 6.93. The number of hydrogen-bond acceptors (Lipinski definition) is 4. The third-order valence-electron chi connectivity index (χ3n) is 2.54. The van der Waals surface area contributed by atoms with Gasteiger partial charge in [0, 0.05) is 26.1 Å². The summed E-state index contributed by atoms with van der Waals surface area (Å²) in [7, 11) is 0. The fraction of sp³-hybridized carbons (Fsp3) is 0.909. The highest BCUT2D eigenvalue weighted by atomic mass is 16.5. The summed E-state index contributed by atoms with van der Waals surface area (Å²) in [6.45, 7) is 7.96. The van der Waals surface area contributed by atoms with Crippen molar-refractivity contribution in [3.63, 3.8) is 0 Å². The highest BCUT2D eigenvalue weighted by Crippen LogP contribution is 2.20. The lowest BCUT2D eigenvalue weighted by Gasteiger charge is -2.42. The molecule has 1 rings (SSSR count). The average Bonchev–Trinajstić information content (AvgIpc) is 2.12. The Kier molecular flexibility index (Phi) is 4.25. The van der Waals surface area contributed by atoms with E-state index in [9.17, 15) is 4.79 Å². The molecule has 0 bridgehead atoms. The molecule has 0 amide bonds. The van der Waals surface area contributed by atoms with Crippen LogP contribution in [0.2, 0.25) is 0 Å². The summed E-state index contributed by atoms with van der Waals surface area (Å²) in [4.78, 5) is 13.1. The fourth-order valence-electron chi connectivity index (χ4n) is 2.00. The smallest absolute Gasteiger partial charge is 0.131 e. The minimum Gasteiger partial charge on any atom is -0.394 e. The molecule has 0 radical (unpaired) electrons. The van der Waals surface area contributed by atoms with Crippen LogP contribution in [0.5, 0.6) is 0 Å². The third-order valence-corrected chi connectivity index (χ3v) is 2.54. The van der Waals surface area contributed by atoms with E-state index in [-0.39, 0.29) is 24.1 Å². The predicted molar refractivity (Wildman–Crippen MR) is 57.8 cm³/mol. The Morgan fingerprint density at radius 3 is 2.80 bits per heavy atom. The van der Waals surface area contributed by atoms with E-state index in [1.807, 2.05) is 13.8 Å². The van der Waals surface area contributed by atoms with Crippen LogP contribution in [0, 0.1) is 0 Å². The lowest BCUT2D eigenvalue weighted by atomic mass is 10.0.